The van der Waals surface area contributed by atoms with Gasteiger partial charge in [0.2, 0.25) is 10.0 Å². The van der Waals surface area contributed by atoms with Crippen molar-refractivity contribution in [1.82, 2.24) is 9.62 Å². The molecule has 33 heavy (non-hydrogen) atoms. The summed E-state index contributed by atoms with van der Waals surface area (Å²) in [4.78, 5) is 26.9. The Bertz CT molecular complexity index is 1090. The lowest BCUT2D eigenvalue weighted by molar-refractivity contribution is 0.0600. The average Bonchev–Trinajstić information content (AvgIpc) is 2.84. The second-order valence-electron chi connectivity index (χ2n) is 8.21. The minimum Gasteiger partial charge on any atom is -0.465 e. The molecule has 3 rings (SSSR count). The third kappa shape index (κ3) is 5.91. The van der Waals surface area contributed by atoms with Crippen LogP contribution < -0.4 is 10.2 Å². The Kier molecular flexibility index (Phi) is 8.10. The summed E-state index contributed by atoms with van der Waals surface area (Å²) in [6, 6.07) is 11.8. The van der Waals surface area contributed by atoms with E-state index in [0.29, 0.717) is 24.1 Å². The highest BCUT2D eigenvalue weighted by atomic mass is 32.2. The van der Waals surface area contributed by atoms with E-state index in [9.17, 15) is 18.0 Å². The Balaban J connectivity index is 1.77. The fourth-order valence-corrected chi connectivity index (χ4v) is 4.75. The summed E-state index contributed by atoms with van der Waals surface area (Å²) in [5.41, 5.74) is 2.55. The second-order valence-corrected chi connectivity index (χ2v) is 10.4. The molecule has 1 amide bonds. The van der Waals surface area contributed by atoms with Gasteiger partial charge in [0.05, 0.1) is 23.1 Å². The molecule has 1 fully saturated rings. The Morgan fingerprint density at radius 3 is 2.30 bits per heavy atom. The van der Waals surface area contributed by atoms with E-state index >= 15 is 0 Å². The predicted octanol–water partition coefficient (Wildman–Crippen LogP) is 2.69. The SMILES string of the molecule is COC(=O)c1ccc(CCNC(=O)c2cc(S(=O)(=O)N(C)C)ccc2N2CCCCC2)cc1. The number of carbonyl (C=O) groups is 2. The van der Waals surface area contributed by atoms with Gasteiger partial charge in [-0.05, 0) is 61.6 Å². The van der Waals surface area contributed by atoms with Crippen molar-refractivity contribution < 1.29 is 22.7 Å². The molecule has 1 heterocycles. The van der Waals surface area contributed by atoms with Crippen molar-refractivity contribution in [3.05, 3.63) is 59.2 Å². The van der Waals surface area contributed by atoms with Crippen LogP contribution in [0.25, 0.3) is 0 Å². The summed E-state index contributed by atoms with van der Waals surface area (Å²) < 4.78 is 31.1. The van der Waals surface area contributed by atoms with E-state index in [-0.39, 0.29) is 10.8 Å². The number of nitrogens with one attached hydrogen (secondary N) is 1. The van der Waals surface area contributed by atoms with Crippen molar-refractivity contribution in [3.63, 3.8) is 0 Å². The quantitative estimate of drug-likeness (QED) is 0.593. The Hall–Kier alpha value is -2.91. The van der Waals surface area contributed by atoms with Crippen LogP contribution in [0.15, 0.2) is 47.4 Å². The van der Waals surface area contributed by atoms with Crippen molar-refractivity contribution >= 4 is 27.6 Å². The largest absolute Gasteiger partial charge is 0.465 e. The minimum atomic E-state index is -3.66. The maximum atomic E-state index is 13.1. The molecule has 0 saturated carbocycles. The molecule has 2 aromatic carbocycles. The van der Waals surface area contributed by atoms with Crippen molar-refractivity contribution in [2.24, 2.45) is 0 Å². The summed E-state index contributed by atoms with van der Waals surface area (Å²) in [7, 11) is 0.618. The van der Waals surface area contributed by atoms with Gasteiger partial charge in [0.15, 0.2) is 0 Å². The number of esters is 1. The van der Waals surface area contributed by atoms with Crippen LogP contribution in [0.4, 0.5) is 5.69 Å². The van der Waals surface area contributed by atoms with Gasteiger partial charge in [0, 0.05) is 39.4 Å². The molecule has 0 unspecified atom stereocenters. The predicted molar refractivity (Wildman–Crippen MR) is 127 cm³/mol. The molecule has 0 atom stereocenters. The van der Waals surface area contributed by atoms with E-state index in [4.69, 9.17) is 4.74 Å². The third-order valence-corrected chi connectivity index (χ3v) is 7.57. The molecule has 9 heteroatoms. The first kappa shape index (κ1) is 24.7. The smallest absolute Gasteiger partial charge is 0.337 e. The first-order valence-corrected chi connectivity index (χ1v) is 12.4. The lowest BCUT2D eigenvalue weighted by atomic mass is 10.1. The van der Waals surface area contributed by atoms with Crippen LogP contribution in [-0.2, 0) is 21.2 Å². The maximum absolute atomic E-state index is 13.1. The van der Waals surface area contributed by atoms with E-state index < -0.39 is 16.0 Å². The number of amides is 1. The highest BCUT2D eigenvalue weighted by molar-refractivity contribution is 7.89. The van der Waals surface area contributed by atoms with Crippen LogP contribution in [0.5, 0.6) is 0 Å². The Labute approximate surface area is 195 Å². The average molecular weight is 474 g/mol. The number of anilines is 1. The number of nitrogens with zero attached hydrogens (tertiary/aromatic N) is 2. The summed E-state index contributed by atoms with van der Waals surface area (Å²) >= 11 is 0. The van der Waals surface area contributed by atoms with E-state index in [1.807, 2.05) is 12.1 Å². The topological polar surface area (TPSA) is 96.0 Å². The van der Waals surface area contributed by atoms with Gasteiger partial charge in [-0.2, -0.15) is 0 Å². The highest BCUT2D eigenvalue weighted by Crippen LogP contribution is 2.28. The van der Waals surface area contributed by atoms with E-state index in [2.05, 4.69) is 10.2 Å². The van der Waals surface area contributed by atoms with Crippen LogP contribution in [-0.4, -0.2) is 65.4 Å². The summed E-state index contributed by atoms with van der Waals surface area (Å²) in [5, 5.41) is 2.92. The molecule has 1 N–H and O–H groups in total. The fraction of sp³-hybridized carbons (Fsp3) is 0.417. The summed E-state index contributed by atoms with van der Waals surface area (Å²) in [6.45, 7) is 2.06. The monoisotopic (exact) mass is 473 g/mol. The van der Waals surface area contributed by atoms with Crippen LogP contribution in [0.1, 0.15) is 45.5 Å². The molecular weight excluding hydrogens is 442 g/mol. The van der Waals surface area contributed by atoms with Crippen molar-refractivity contribution in [1.29, 1.82) is 0 Å². The minimum absolute atomic E-state index is 0.0943. The van der Waals surface area contributed by atoms with E-state index in [1.165, 1.54) is 27.3 Å². The third-order valence-electron chi connectivity index (χ3n) is 5.76. The number of carbonyl (C=O) groups excluding carboxylic acids is 2. The van der Waals surface area contributed by atoms with Gasteiger partial charge >= 0.3 is 5.97 Å². The van der Waals surface area contributed by atoms with E-state index in [1.54, 1.807) is 24.3 Å². The van der Waals surface area contributed by atoms with Crippen molar-refractivity contribution in [2.45, 2.75) is 30.6 Å². The number of methoxy groups -OCH3 is 1. The second kappa shape index (κ2) is 10.8. The maximum Gasteiger partial charge on any atom is 0.337 e. The fourth-order valence-electron chi connectivity index (χ4n) is 3.82. The number of ether oxygens (including phenoxy) is 1. The standard InChI is InChI=1S/C24H31N3O5S/c1-26(2)33(30,31)20-11-12-22(27-15-5-4-6-16-27)21(17-20)23(28)25-14-13-18-7-9-19(10-8-18)24(29)32-3/h7-12,17H,4-6,13-16H2,1-3H3,(H,25,28). The molecule has 0 spiro atoms. The normalized spacial score (nSPS) is 14.2. The molecule has 0 radical (unpaired) electrons. The molecule has 1 saturated heterocycles. The molecule has 1 aliphatic heterocycles. The van der Waals surface area contributed by atoms with Gasteiger partial charge in [-0.25, -0.2) is 17.5 Å². The first-order valence-electron chi connectivity index (χ1n) is 11.0. The molecule has 8 nitrogen and oxygen atoms in total. The van der Waals surface area contributed by atoms with Crippen LogP contribution in [0, 0.1) is 0 Å². The van der Waals surface area contributed by atoms with Crippen LogP contribution in [0.2, 0.25) is 0 Å². The first-order chi connectivity index (χ1) is 15.7. The highest BCUT2D eigenvalue weighted by Gasteiger charge is 2.24. The molecule has 1 aliphatic rings. The lowest BCUT2D eigenvalue weighted by Gasteiger charge is -2.30. The summed E-state index contributed by atoms with van der Waals surface area (Å²) in [6.07, 6.45) is 3.81. The molecule has 2 aromatic rings. The Morgan fingerprint density at radius 1 is 1.03 bits per heavy atom. The van der Waals surface area contributed by atoms with Crippen molar-refractivity contribution in [3.8, 4) is 0 Å². The molecule has 178 valence electrons. The van der Waals surface area contributed by atoms with Crippen LogP contribution >= 0.6 is 0 Å². The van der Waals surface area contributed by atoms with E-state index in [0.717, 1.165) is 47.9 Å². The zero-order valence-corrected chi connectivity index (χ0v) is 20.2. The number of rotatable bonds is 8. The summed E-state index contributed by atoms with van der Waals surface area (Å²) in [5.74, 6) is -0.704. The zero-order valence-electron chi connectivity index (χ0n) is 19.3. The van der Waals surface area contributed by atoms with Crippen LogP contribution in [0.3, 0.4) is 0 Å². The number of sulfonamides is 1. The molecule has 0 aliphatic carbocycles. The van der Waals surface area contributed by atoms with Gasteiger partial charge in [-0.3, -0.25) is 4.79 Å². The zero-order chi connectivity index (χ0) is 24.0. The number of piperidine rings is 1. The van der Waals surface area contributed by atoms with Gasteiger partial charge in [-0.15, -0.1) is 0 Å². The van der Waals surface area contributed by atoms with Crippen molar-refractivity contribution in [2.75, 3.05) is 45.7 Å². The lowest BCUT2D eigenvalue weighted by Crippen LogP contribution is -2.33. The van der Waals surface area contributed by atoms with Gasteiger partial charge < -0.3 is 15.0 Å². The number of hydrogen-bond donors (Lipinski definition) is 1. The molecule has 0 aromatic heterocycles. The van der Waals surface area contributed by atoms with Gasteiger partial charge in [-0.1, -0.05) is 12.1 Å². The molecule has 0 bridgehead atoms. The number of hydrogen-bond acceptors (Lipinski definition) is 6. The van der Waals surface area contributed by atoms with Gasteiger partial charge in [0.25, 0.3) is 5.91 Å². The number of benzene rings is 2. The Morgan fingerprint density at radius 2 is 1.70 bits per heavy atom. The molecular formula is C24H31N3O5S. The van der Waals surface area contributed by atoms with Gasteiger partial charge in [0.1, 0.15) is 0 Å².